The van der Waals surface area contributed by atoms with Gasteiger partial charge < -0.3 is 10.4 Å². The molecule has 4 aromatic rings. The van der Waals surface area contributed by atoms with Gasteiger partial charge in [0.25, 0.3) is 11.5 Å². The molecule has 7 heteroatoms. The van der Waals surface area contributed by atoms with Gasteiger partial charge in [-0.2, -0.15) is 0 Å². The Bertz CT molecular complexity index is 1500. The van der Waals surface area contributed by atoms with Crippen molar-refractivity contribution >= 4 is 40.1 Å². The van der Waals surface area contributed by atoms with Crippen molar-refractivity contribution in [1.29, 1.82) is 0 Å². The lowest BCUT2D eigenvalue weighted by molar-refractivity contribution is 0.0697. The van der Waals surface area contributed by atoms with E-state index in [2.05, 4.69) is 5.32 Å². The van der Waals surface area contributed by atoms with Gasteiger partial charge in [0.15, 0.2) is 0 Å². The molecule has 0 fully saturated rings. The van der Waals surface area contributed by atoms with Gasteiger partial charge in [0.05, 0.1) is 16.5 Å². The molecule has 0 bridgehead atoms. The molecular formula is C26H19N3O4. The summed E-state index contributed by atoms with van der Waals surface area (Å²) in [6, 6.07) is 20.6. The van der Waals surface area contributed by atoms with E-state index in [-0.39, 0.29) is 16.7 Å². The monoisotopic (exact) mass is 437 g/mol. The predicted octanol–water partition coefficient (Wildman–Crippen LogP) is 4.29. The lowest BCUT2D eigenvalue weighted by atomic mass is 10.1. The zero-order valence-electron chi connectivity index (χ0n) is 17.5. The summed E-state index contributed by atoms with van der Waals surface area (Å²) in [7, 11) is 0. The van der Waals surface area contributed by atoms with Gasteiger partial charge in [-0.3, -0.25) is 14.2 Å². The molecule has 0 saturated heterocycles. The third kappa shape index (κ3) is 3.92. The number of nitrogens with one attached hydrogen (secondary N) is 1. The second-order valence-electron chi connectivity index (χ2n) is 7.79. The summed E-state index contributed by atoms with van der Waals surface area (Å²) in [6.45, 7) is 0.578. The molecule has 2 N–H and O–H groups in total. The number of nitrogens with zero attached hydrogens (tertiary/aromatic N) is 2. The van der Waals surface area contributed by atoms with Crippen LogP contribution in [0.4, 0.5) is 5.69 Å². The SMILES string of the molecule is O=C(O)c1cccc(C(=O)Nc2ccc3c(=O)n4c(nc3c2)/C(=C/c2ccccc2)CC4)c1. The van der Waals surface area contributed by atoms with Crippen molar-refractivity contribution in [3.05, 3.63) is 106 Å². The molecular weight excluding hydrogens is 418 g/mol. The molecule has 162 valence electrons. The fourth-order valence-corrected chi connectivity index (χ4v) is 3.98. The number of fused-ring (bicyclic) bond motifs is 2. The average Bonchev–Trinajstić information content (AvgIpc) is 3.22. The molecule has 1 aliphatic rings. The Hall–Kier alpha value is -4.52. The van der Waals surface area contributed by atoms with Gasteiger partial charge in [-0.05, 0) is 60.0 Å². The van der Waals surface area contributed by atoms with E-state index in [1.807, 2.05) is 36.4 Å². The number of hydrogen-bond acceptors (Lipinski definition) is 4. The highest BCUT2D eigenvalue weighted by Crippen LogP contribution is 2.28. The molecule has 0 spiro atoms. The van der Waals surface area contributed by atoms with Crippen molar-refractivity contribution < 1.29 is 14.7 Å². The maximum atomic E-state index is 13.0. The first-order valence-corrected chi connectivity index (χ1v) is 10.4. The second-order valence-corrected chi connectivity index (χ2v) is 7.79. The van der Waals surface area contributed by atoms with E-state index in [4.69, 9.17) is 10.1 Å². The Morgan fingerprint density at radius 1 is 0.970 bits per heavy atom. The molecule has 1 aliphatic heterocycles. The Kier molecular flexibility index (Phi) is 5.06. The van der Waals surface area contributed by atoms with Gasteiger partial charge in [-0.15, -0.1) is 0 Å². The smallest absolute Gasteiger partial charge is 0.335 e. The van der Waals surface area contributed by atoms with E-state index in [9.17, 15) is 14.4 Å². The Labute approximate surface area is 188 Å². The number of carboxylic acids is 1. The molecule has 0 unspecified atom stereocenters. The molecule has 0 saturated carbocycles. The highest BCUT2D eigenvalue weighted by atomic mass is 16.4. The maximum Gasteiger partial charge on any atom is 0.335 e. The molecule has 0 radical (unpaired) electrons. The van der Waals surface area contributed by atoms with Crippen molar-refractivity contribution in [2.45, 2.75) is 13.0 Å². The summed E-state index contributed by atoms with van der Waals surface area (Å²) in [5.74, 6) is -0.915. The number of benzene rings is 3. The van der Waals surface area contributed by atoms with Crippen LogP contribution in [-0.4, -0.2) is 26.5 Å². The van der Waals surface area contributed by atoms with Gasteiger partial charge in [-0.1, -0.05) is 36.4 Å². The molecule has 5 rings (SSSR count). The summed E-state index contributed by atoms with van der Waals surface area (Å²) in [4.78, 5) is 41.6. The summed E-state index contributed by atoms with van der Waals surface area (Å²) < 4.78 is 1.69. The summed E-state index contributed by atoms with van der Waals surface area (Å²) in [5.41, 5.74) is 3.13. The van der Waals surface area contributed by atoms with Crippen LogP contribution >= 0.6 is 0 Å². The number of anilines is 1. The van der Waals surface area contributed by atoms with Crippen LogP contribution in [0, 0.1) is 0 Å². The average molecular weight is 437 g/mol. The van der Waals surface area contributed by atoms with Crippen LogP contribution < -0.4 is 10.9 Å². The van der Waals surface area contributed by atoms with Crippen LogP contribution in [0.25, 0.3) is 22.6 Å². The number of carbonyl (C=O) groups is 2. The maximum absolute atomic E-state index is 13.0. The highest BCUT2D eigenvalue weighted by molar-refractivity contribution is 6.06. The van der Waals surface area contributed by atoms with E-state index in [1.165, 1.54) is 18.2 Å². The third-order valence-electron chi connectivity index (χ3n) is 5.62. The number of carbonyl (C=O) groups excluding carboxylic acids is 1. The van der Waals surface area contributed by atoms with Gasteiger partial charge >= 0.3 is 5.97 Å². The molecule has 33 heavy (non-hydrogen) atoms. The number of aromatic carboxylic acids is 1. The molecule has 7 nitrogen and oxygen atoms in total. The van der Waals surface area contributed by atoms with Crippen LogP contribution in [-0.2, 0) is 6.54 Å². The first-order valence-electron chi connectivity index (χ1n) is 10.4. The number of carboxylic acid groups (broad SMARTS) is 1. The van der Waals surface area contributed by atoms with Crippen LogP contribution in [0.5, 0.6) is 0 Å². The van der Waals surface area contributed by atoms with Crippen molar-refractivity contribution in [3.63, 3.8) is 0 Å². The Balaban J connectivity index is 1.50. The number of allylic oxidation sites excluding steroid dienone is 1. The zero-order valence-corrected chi connectivity index (χ0v) is 17.5. The van der Waals surface area contributed by atoms with Crippen LogP contribution in [0.1, 0.15) is 38.5 Å². The van der Waals surface area contributed by atoms with E-state index in [1.54, 1.807) is 28.8 Å². The highest BCUT2D eigenvalue weighted by Gasteiger charge is 2.21. The van der Waals surface area contributed by atoms with Crippen molar-refractivity contribution in [1.82, 2.24) is 9.55 Å². The molecule has 3 aromatic carbocycles. The lowest BCUT2D eigenvalue weighted by Gasteiger charge is -2.09. The minimum absolute atomic E-state index is 0.0316. The number of aromatic nitrogens is 2. The van der Waals surface area contributed by atoms with E-state index in [0.717, 1.165) is 17.6 Å². The standard InChI is InChI=1S/C26H19N3O4/c30-24(18-7-4-8-19(14-18)26(32)33)27-20-9-10-21-22(15-20)28-23-17(11-12-29(23)25(21)31)13-16-5-2-1-3-6-16/h1-10,13-15H,11-12H2,(H,27,30)(H,32,33)/b17-13+. The molecule has 1 aromatic heterocycles. The van der Waals surface area contributed by atoms with Gasteiger partial charge in [-0.25, -0.2) is 9.78 Å². The van der Waals surface area contributed by atoms with E-state index in [0.29, 0.717) is 29.0 Å². The fourth-order valence-electron chi connectivity index (χ4n) is 3.98. The normalized spacial score (nSPS) is 13.8. The largest absolute Gasteiger partial charge is 0.478 e. The molecule has 1 amide bonds. The molecule has 0 aliphatic carbocycles. The number of rotatable bonds is 4. The third-order valence-corrected chi connectivity index (χ3v) is 5.62. The van der Waals surface area contributed by atoms with Crippen molar-refractivity contribution in [3.8, 4) is 0 Å². The first kappa shape index (κ1) is 20.4. The predicted molar refractivity (Wildman–Crippen MR) is 126 cm³/mol. The number of amides is 1. The van der Waals surface area contributed by atoms with Crippen LogP contribution in [0.3, 0.4) is 0 Å². The number of hydrogen-bond donors (Lipinski definition) is 2. The van der Waals surface area contributed by atoms with Crippen molar-refractivity contribution in [2.24, 2.45) is 0 Å². The van der Waals surface area contributed by atoms with E-state index < -0.39 is 11.9 Å². The first-order chi connectivity index (χ1) is 16.0. The summed E-state index contributed by atoms with van der Waals surface area (Å²) in [5, 5.41) is 12.4. The van der Waals surface area contributed by atoms with Crippen LogP contribution in [0.15, 0.2) is 77.6 Å². The molecule has 2 heterocycles. The summed E-state index contributed by atoms with van der Waals surface area (Å²) >= 11 is 0. The lowest BCUT2D eigenvalue weighted by Crippen LogP contribution is -2.21. The van der Waals surface area contributed by atoms with Gasteiger partial charge in [0, 0.05) is 17.8 Å². The quantitative estimate of drug-likeness (QED) is 0.496. The summed E-state index contributed by atoms with van der Waals surface area (Å²) in [6.07, 6.45) is 2.76. The van der Waals surface area contributed by atoms with E-state index >= 15 is 0 Å². The Morgan fingerprint density at radius 2 is 1.76 bits per heavy atom. The minimum Gasteiger partial charge on any atom is -0.478 e. The van der Waals surface area contributed by atoms with Gasteiger partial charge in [0.1, 0.15) is 5.82 Å². The minimum atomic E-state index is -1.10. The van der Waals surface area contributed by atoms with Crippen molar-refractivity contribution in [2.75, 3.05) is 5.32 Å². The zero-order chi connectivity index (χ0) is 22.9. The second kappa shape index (κ2) is 8.20. The van der Waals surface area contributed by atoms with Gasteiger partial charge in [0.2, 0.25) is 0 Å². The van der Waals surface area contributed by atoms with Crippen LogP contribution in [0.2, 0.25) is 0 Å². The molecule has 0 atom stereocenters. The fraction of sp³-hybridized carbons (Fsp3) is 0.0769. The Morgan fingerprint density at radius 3 is 2.55 bits per heavy atom. The topological polar surface area (TPSA) is 101 Å².